The van der Waals surface area contributed by atoms with Crippen LogP contribution in [0.4, 0.5) is 23.7 Å². The van der Waals surface area contributed by atoms with E-state index in [4.69, 9.17) is 23.2 Å². The summed E-state index contributed by atoms with van der Waals surface area (Å²) >= 11 is 10.6. The number of anilines is 1. The highest BCUT2D eigenvalue weighted by molar-refractivity contribution is 7.92. The highest BCUT2D eigenvalue weighted by Gasteiger charge is 2.53. The summed E-state index contributed by atoms with van der Waals surface area (Å²) in [5, 5.41) is -0.374. The van der Waals surface area contributed by atoms with Crippen LogP contribution in [-0.4, -0.2) is 31.2 Å². The van der Waals surface area contributed by atoms with Crippen molar-refractivity contribution in [2.24, 2.45) is 0 Å². The monoisotopic (exact) mass is 482 g/mol. The molecule has 0 spiro atoms. The van der Waals surface area contributed by atoms with Gasteiger partial charge in [0.05, 0.1) is 15.5 Å². The largest absolute Gasteiger partial charge is 0.393 e. The van der Waals surface area contributed by atoms with E-state index in [1.807, 2.05) is 5.32 Å². The van der Waals surface area contributed by atoms with Crippen molar-refractivity contribution in [1.29, 1.82) is 0 Å². The van der Waals surface area contributed by atoms with Gasteiger partial charge in [-0.3, -0.25) is 10.1 Å². The maximum atomic E-state index is 13.7. The van der Waals surface area contributed by atoms with E-state index < -0.39 is 37.6 Å². The molecule has 0 saturated carbocycles. The standard InChI is InChI=1S/C18H15Cl2F3N2O4S/c1-9-8-14(30(28,29)18(22,23)16(20)21)10(2)7-13(9)24-17(27)25-15(26)11-5-3-4-6-12(11)19/h3-8,16H,1-2H3,(H2,24,25,26,27). The molecule has 12 heteroatoms. The highest BCUT2D eigenvalue weighted by atomic mass is 35.5. The number of benzene rings is 2. The van der Waals surface area contributed by atoms with E-state index in [2.05, 4.69) is 5.32 Å². The molecule has 2 rings (SSSR count). The minimum absolute atomic E-state index is 0.0434. The van der Waals surface area contributed by atoms with Crippen LogP contribution in [0.25, 0.3) is 0 Å². The normalized spacial score (nSPS) is 12.9. The third-order valence-corrected chi connectivity index (χ3v) is 6.69. The lowest BCUT2D eigenvalue weighted by Gasteiger charge is -2.19. The molecule has 0 aliphatic heterocycles. The Morgan fingerprint density at radius 1 is 1.10 bits per heavy atom. The molecule has 0 aliphatic carbocycles. The average molecular weight is 483 g/mol. The van der Waals surface area contributed by atoms with Crippen molar-refractivity contribution in [2.45, 2.75) is 29.6 Å². The van der Waals surface area contributed by atoms with Gasteiger partial charge in [0.2, 0.25) is 9.84 Å². The van der Waals surface area contributed by atoms with E-state index in [1.165, 1.54) is 26.0 Å². The van der Waals surface area contributed by atoms with Crippen LogP contribution in [0.15, 0.2) is 41.3 Å². The second-order valence-corrected chi connectivity index (χ2v) is 8.97. The van der Waals surface area contributed by atoms with Crippen molar-refractivity contribution in [3.8, 4) is 0 Å². The molecule has 0 radical (unpaired) electrons. The summed E-state index contributed by atoms with van der Waals surface area (Å²) in [4.78, 5) is 23.4. The lowest BCUT2D eigenvalue weighted by molar-refractivity contribution is 0.0422. The molecule has 0 fully saturated rings. The van der Waals surface area contributed by atoms with E-state index in [1.54, 1.807) is 12.1 Å². The van der Waals surface area contributed by atoms with Crippen LogP contribution in [0.5, 0.6) is 0 Å². The topological polar surface area (TPSA) is 92.3 Å². The van der Waals surface area contributed by atoms with Crippen LogP contribution >= 0.6 is 23.2 Å². The molecule has 1 unspecified atom stereocenters. The van der Waals surface area contributed by atoms with Gasteiger partial charge in [0.15, 0.2) is 0 Å². The lowest BCUT2D eigenvalue weighted by Crippen LogP contribution is -2.36. The lowest BCUT2D eigenvalue weighted by atomic mass is 10.1. The molecule has 2 aromatic rings. The fourth-order valence-electron chi connectivity index (χ4n) is 2.45. The van der Waals surface area contributed by atoms with Gasteiger partial charge in [-0.25, -0.2) is 17.6 Å². The van der Waals surface area contributed by atoms with E-state index in [-0.39, 0.29) is 27.4 Å². The van der Waals surface area contributed by atoms with Gasteiger partial charge < -0.3 is 5.32 Å². The Morgan fingerprint density at radius 3 is 2.27 bits per heavy atom. The number of nitrogens with one attached hydrogen (secondary N) is 2. The van der Waals surface area contributed by atoms with Crippen molar-refractivity contribution in [3.05, 3.63) is 58.1 Å². The Morgan fingerprint density at radius 2 is 1.70 bits per heavy atom. The van der Waals surface area contributed by atoms with Gasteiger partial charge in [0.1, 0.15) is 0 Å². The fourth-order valence-corrected chi connectivity index (χ4v) is 4.36. The Bertz CT molecular complexity index is 1110. The Balaban J connectivity index is 2.27. The van der Waals surface area contributed by atoms with Gasteiger partial charge in [-0.05, 0) is 49.2 Å². The van der Waals surface area contributed by atoms with Gasteiger partial charge in [-0.15, -0.1) is 0 Å². The Kier molecular flexibility index (Phi) is 7.05. The number of urea groups is 1. The zero-order chi connectivity index (χ0) is 22.9. The van der Waals surface area contributed by atoms with Crippen molar-refractivity contribution < 1.29 is 31.2 Å². The molecule has 162 valence electrons. The molecule has 3 amide bonds. The summed E-state index contributed by atoms with van der Waals surface area (Å²) in [6.45, 7) is 2.51. The van der Waals surface area contributed by atoms with Crippen molar-refractivity contribution in [3.63, 3.8) is 0 Å². The molecule has 0 bridgehead atoms. The van der Waals surface area contributed by atoms with Crippen molar-refractivity contribution >= 4 is 50.7 Å². The van der Waals surface area contributed by atoms with E-state index in [0.717, 1.165) is 12.1 Å². The van der Waals surface area contributed by atoms with Gasteiger partial charge in [0, 0.05) is 5.69 Å². The third-order valence-electron chi connectivity index (χ3n) is 4.02. The molecule has 0 aromatic heterocycles. The number of carbonyl (C=O) groups excluding carboxylic acids is 2. The first kappa shape index (κ1) is 24.0. The van der Waals surface area contributed by atoms with Crippen molar-refractivity contribution in [1.82, 2.24) is 5.32 Å². The predicted octanol–water partition coefficient (Wildman–Crippen LogP) is 4.82. The summed E-state index contributed by atoms with van der Waals surface area (Å²) in [5.74, 6) is -0.789. The smallest absolute Gasteiger partial charge is 0.307 e. The number of rotatable bonds is 5. The second-order valence-electron chi connectivity index (χ2n) is 6.19. The number of aryl methyl sites for hydroxylation is 2. The Hall–Kier alpha value is -2.30. The number of hydrogen-bond donors (Lipinski definition) is 2. The number of sulfone groups is 1. The summed E-state index contributed by atoms with van der Waals surface area (Å²) in [6, 6.07) is 6.98. The van der Waals surface area contributed by atoms with Crippen LogP contribution in [0.2, 0.25) is 5.02 Å². The molecule has 0 heterocycles. The van der Waals surface area contributed by atoms with Crippen LogP contribution < -0.4 is 10.6 Å². The summed E-state index contributed by atoms with van der Waals surface area (Å²) in [5.41, 5.74) is -3.47. The third kappa shape index (κ3) is 4.71. The maximum absolute atomic E-state index is 13.7. The van der Waals surface area contributed by atoms with Crippen LogP contribution in [0.1, 0.15) is 21.5 Å². The van der Waals surface area contributed by atoms with Crippen LogP contribution in [0.3, 0.4) is 0 Å². The fraction of sp³-hybridized carbons (Fsp3) is 0.222. The SMILES string of the molecule is Cc1cc(S(=O)(=O)C(F)(F)C(F)Cl)c(C)cc1NC(=O)NC(=O)c1ccccc1Cl. The minimum atomic E-state index is -5.43. The average Bonchev–Trinajstić information content (AvgIpc) is 2.64. The van der Waals surface area contributed by atoms with Gasteiger partial charge in [-0.2, -0.15) is 8.78 Å². The van der Waals surface area contributed by atoms with Gasteiger partial charge >= 0.3 is 11.3 Å². The van der Waals surface area contributed by atoms with Gasteiger partial charge in [-0.1, -0.05) is 35.3 Å². The van der Waals surface area contributed by atoms with Crippen molar-refractivity contribution in [2.75, 3.05) is 5.32 Å². The minimum Gasteiger partial charge on any atom is -0.307 e. The summed E-state index contributed by atoms with van der Waals surface area (Å²) in [6.07, 6.45) is 0. The first-order chi connectivity index (χ1) is 13.8. The zero-order valence-electron chi connectivity index (χ0n) is 15.5. The molecular weight excluding hydrogens is 468 g/mol. The first-order valence-electron chi connectivity index (χ1n) is 8.17. The summed E-state index contributed by atoms with van der Waals surface area (Å²) < 4.78 is 64.7. The number of carbonyl (C=O) groups is 2. The maximum Gasteiger partial charge on any atom is 0.393 e. The molecule has 2 N–H and O–H groups in total. The van der Waals surface area contributed by atoms with E-state index >= 15 is 0 Å². The number of hydrogen-bond acceptors (Lipinski definition) is 4. The number of halogens is 5. The number of alkyl halides is 4. The zero-order valence-corrected chi connectivity index (χ0v) is 17.8. The molecular formula is C18H15Cl2F3N2O4S. The highest BCUT2D eigenvalue weighted by Crippen LogP contribution is 2.38. The first-order valence-corrected chi connectivity index (χ1v) is 10.5. The molecule has 0 saturated heterocycles. The quantitative estimate of drug-likeness (QED) is 0.597. The molecule has 30 heavy (non-hydrogen) atoms. The number of amides is 3. The van der Waals surface area contributed by atoms with Crippen LogP contribution in [-0.2, 0) is 9.84 Å². The number of imide groups is 1. The molecule has 0 aliphatic rings. The molecule has 1 atom stereocenters. The predicted molar refractivity (Wildman–Crippen MR) is 107 cm³/mol. The van der Waals surface area contributed by atoms with E-state index in [9.17, 15) is 31.2 Å². The van der Waals surface area contributed by atoms with E-state index in [0.29, 0.717) is 0 Å². The van der Waals surface area contributed by atoms with Crippen LogP contribution in [0, 0.1) is 13.8 Å². The summed E-state index contributed by atoms with van der Waals surface area (Å²) in [7, 11) is -5.43. The Labute approximate surface area is 180 Å². The molecule has 6 nitrogen and oxygen atoms in total. The van der Waals surface area contributed by atoms with Gasteiger partial charge in [0.25, 0.3) is 11.5 Å². The second kappa shape index (κ2) is 8.83. The molecule has 2 aromatic carbocycles.